The van der Waals surface area contributed by atoms with Crippen molar-refractivity contribution < 1.29 is 17.7 Å². The second-order valence-corrected chi connectivity index (χ2v) is 4.17. The average molecular weight is 269 g/mol. The molecular formula is C9H7N3O5S. The lowest BCUT2D eigenvalue weighted by atomic mass is 10.1. The van der Waals surface area contributed by atoms with Crippen LogP contribution in [0.2, 0.25) is 0 Å². The summed E-state index contributed by atoms with van der Waals surface area (Å²) in [6.45, 7) is 0. The van der Waals surface area contributed by atoms with Gasteiger partial charge in [0.05, 0.1) is 5.56 Å². The fourth-order valence-corrected chi connectivity index (χ4v) is 2.05. The Bertz CT molecular complexity index is 809. The third-order valence-corrected chi connectivity index (χ3v) is 2.85. The van der Waals surface area contributed by atoms with E-state index in [0.29, 0.717) is 0 Å². The number of nitrogens with two attached hydrogens (primary N) is 1. The summed E-state index contributed by atoms with van der Waals surface area (Å²) in [7, 11) is -2.59. The van der Waals surface area contributed by atoms with Gasteiger partial charge >= 0.3 is 11.6 Å². The quantitative estimate of drug-likeness (QED) is 0.625. The van der Waals surface area contributed by atoms with Crippen LogP contribution in [0.5, 0.6) is 0 Å². The summed E-state index contributed by atoms with van der Waals surface area (Å²) in [4.78, 5) is 22.3. The van der Waals surface area contributed by atoms with Crippen molar-refractivity contribution in [3.8, 4) is 11.3 Å². The molecule has 2 amide bonds. The molecule has 4 N–H and O–H groups in total. The largest absolute Gasteiger partial charge is 0.378 e. The maximum Gasteiger partial charge on any atom is 0.316 e. The Labute approximate surface area is 101 Å². The summed E-state index contributed by atoms with van der Waals surface area (Å²) in [5, 5.41) is 4.09. The number of aromatic nitrogens is 1. The van der Waals surface area contributed by atoms with Gasteiger partial charge in [0.25, 0.3) is 0 Å². The van der Waals surface area contributed by atoms with Crippen LogP contribution in [0.15, 0.2) is 27.5 Å². The van der Waals surface area contributed by atoms with E-state index in [4.69, 9.17) is 10.3 Å². The third-order valence-electron chi connectivity index (χ3n) is 2.15. The molecule has 2 aliphatic rings. The molecule has 0 fully saturated rings. The lowest BCUT2D eigenvalue weighted by Crippen LogP contribution is -2.25. The van der Waals surface area contributed by atoms with E-state index in [0.717, 1.165) is 0 Å². The number of urea groups is 1. The van der Waals surface area contributed by atoms with Crippen LogP contribution in [0.4, 0.5) is 10.5 Å². The molecule has 0 bridgehead atoms. The molecule has 0 spiro atoms. The van der Waals surface area contributed by atoms with Gasteiger partial charge in [-0.05, 0) is 12.1 Å². The highest BCUT2D eigenvalue weighted by Gasteiger charge is 2.17. The standard InChI is InChI=1S/C9H7N3O5S/c10-9(14)11-7-6-4(17-12-8(7)13)2-1-3-5(6)18(15)16/h1-3H,(H,12,13)(H3,10,11,14). The normalized spacial score (nSPS) is 10.2. The highest BCUT2D eigenvalue weighted by molar-refractivity contribution is 7.64. The highest BCUT2D eigenvalue weighted by Crippen LogP contribution is 2.26. The molecule has 9 heteroatoms. The van der Waals surface area contributed by atoms with Crippen LogP contribution >= 0.6 is 0 Å². The van der Waals surface area contributed by atoms with Crippen molar-refractivity contribution in [3.05, 3.63) is 33.1 Å². The highest BCUT2D eigenvalue weighted by atomic mass is 32.2. The minimum Gasteiger partial charge on any atom is -0.378 e. The summed E-state index contributed by atoms with van der Waals surface area (Å²) in [6.07, 6.45) is 0. The summed E-state index contributed by atoms with van der Waals surface area (Å²) in [5.74, 6) is 0.0973. The number of rotatable bonds is 1. The van der Waals surface area contributed by atoms with Crippen molar-refractivity contribution in [1.29, 1.82) is 0 Å². The van der Waals surface area contributed by atoms with Crippen molar-refractivity contribution in [3.63, 3.8) is 0 Å². The first-order valence-electron chi connectivity index (χ1n) is 4.64. The number of carbonyl (C=O) groups is 1. The van der Waals surface area contributed by atoms with E-state index < -0.39 is 21.9 Å². The minimum atomic E-state index is -2.59. The maximum atomic E-state index is 11.5. The number of aromatic amines is 1. The first-order chi connectivity index (χ1) is 8.50. The number of fused-ring (bicyclic) bond motifs is 1. The molecule has 94 valence electrons. The number of anilines is 1. The second kappa shape index (κ2) is 4.37. The summed E-state index contributed by atoms with van der Waals surface area (Å²) in [5.41, 5.74) is 3.82. The second-order valence-electron chi connectivity index (χ2n) is 3.26. The number of amides is 2. The van der Waals surface area contributed by atoms with Crippen LogP contribution in [0.3, 0.4) is 0 Å². The number of primary amides is 1. The number of nitrogens with one attached hydrogen (secondary N) is 2. The first-order valence-corrected chi connectivity index (χ1v) is 5.71. The number of H-pyrrole nitrogens is 1. The summed E-state index contributed by atoms with van der Waals surface area (Å²) >= 11 is 0. The molecule has 0 aromatic rings. The Morgan fingerprint density at radius 3 is 2.72 bits per heavy atom. The van der Waals surface area contributed by atoms with Gasteiger partial charge in [-0.15, -0.1) is 0 Å². The molecule has 0 radical (unpaired) electrons. The predicted octanol–water partition coefficient (Wildman–Crippen LogP) is -0.0256. The van der Waals surface area contributed by atoms with Gasteiger partial charge in [-0.25, -0.2) is 4.79 Å². The zero-order valence-electron chi connectivity index (χ0n) is 8.76. The van der Waals surface area contributed by atoms with Gasteiger partial charge in [-0.2, -0.15) is 13.6 Å². The van der Waals surface area contributed by atoms with Crippen molar-refractivity contribution >= 4 is 22.0 Å². The average Bonchev–Trinajstić information content (AvgIpc) is 2.31. The molecular weight excluding hydrogens is 262 g/mol. The Kier molecular flexibility index (Phi) is 2.90. The van der Waals surface area contributed by atoms with Gasteiger partial charge in [0.15, 0.2) is 5.76 Å². The summed E-state index contributed by atoms with van der Waals surface area (Å²) in [6, 6.07) is 3.16. The van der Waals surface area contributed by atoms with Gasteiger partial charge < -0.3 is 15.6 Å². The van der Waals surface area contributed by atoms with Crippen molar-refractivity contribution in [2.45, 2.75) is 0 Å². The molecule has 18 heavy (non-hydrogen) atoms. The molecule has 0 saturated heterocycles. The van der Waals surface area contributed by atoms with Crippen molar-refractivity contribution in [2.24, 2.45) is 5.73 Å². The van der Waals surface area contributed by atoms with Crippen molar-refractivity contribution in [2.75, 3.05) is 5.32 Å². The van der Waals surface area contributed by atoms with E-state index >= 15 is 0 Å². The fourth-order valence-electron chi connectivity index (χ4n) is 1.49. The van der Waals surface area contributed by atoms with Crippen molar-refractivity contribution in [1.82, 2.24) is 5.16 Å². The van der Waals surface area contributed by atoms with Crippen LogP contribution in [0.25, 0.3) is 11.3 Å². The molecule has 8 nitrogen and oxygen atoms in total. The molecule has 2 rings (SSSR count). The number of hydrogen-bond acceptors (Lipinski definition) is 5. The Hall–Kier alpha value is -2.55. The molecule has 0 aromatic heterocycles. The predicted molar refractivity (Wildman–Crippen MR) is 61.3 cm³/mol. The third kappa shape index (κ3) is 1.98. The summed E-state index contributed by atoms with van der Waals surface area (Å²) < 4.78 is 26.8. The number of hydrogen-bond donors (Lipinski definition) is 3. The Morgan fingerprint density at radius 2 is 2.11 bits per heavy atom. The first kappa shape index (κ1) is 11.9. The monoisotopic (exact) mass is 269 g/mol. The molecule has 1 heterocycles. The Balaban J connectivity index is 3.02. The molecule has 0 unspecified atom stereocenters. The zero-order chi connectivity index (χ0) is 13.3. The topological polar surface area (TPSA) is 135 Å². The van der Waals surface area contributed by atoms with E-state index in [1.807, 2.05) is 5.16 Å². The van der Waals surface area contributed by atoms with Gasteiger partial charge in [0, 0.05) is 0 Å². The molecule has 0 atom stereocenters. The molecule has 0 aromatic carbocycles. The van der Waals surface area contributed by atoms with Gasteiger partial charge in [0.2, 0.25) is 10.3 Å². The maximum absolute atomic E-state index is 11.5. The lowest BCUT2D eigenvalue weighted by molar-refractivity contribution is 0.259. The Morgan fingerprint density at radius 1 is 1.39 bits per heavy atom. The smallest absolute Gasteiger partial charge is 0.316 e. The van der Waals surface area contributed by atoms with Crippen LogP contribution in [-0.4, -0.2) is 19.6 Å². The minimum absolute atomic E-state index is 0.0339. The van der Waals surface area contributed by atoms with Gasteiger partial charge in [0.1, 0.15) is 10.2 Å². The van der Waals surface area contributed by atoms with E-state index in [-0.39, 0.29) is 21.5 Å². The van der Waals surface area contributed by atoms with E-state index in [1.165, 1.54) is 18.2 Å². The van der Waals surface area contributed by atoms with Crippen LogP contribution in [-0.2, 0) is 10.3 Å². The van der Waals surface area contributed by atoms with Crippen LogP contribution < -0.4 is 16.6 Å². The number of carbonyl (C=O) groups excluding carboxylic acids is 1. The molecule has 0 saturated carbocycles. The van der Waals surface area contributed by atoms with Crippen LogP contribution in [0, 0.1) is 4.51 Å². The molecule has 1 aliphatic heterocycles. The zero-order valence-corrected chi connectivity index (χ0v) is 9.58. The molecule has 1 aliphatic carbocycles. The SMILES string of the molecule is NC(=O)Nc1c2c(=S(=O)=O)cccc-2o[nH]c1=O. The van der Waals surface area contributed by atoms with E-state index in [2.05, 4.69) is 5.32 Å². The van der Waals surface area contributed by atoms with Gasteiger partial charge in [-0.1, -0.05) is 6.07 Å². The fraction of sp³-hybridized carbons (Fsp3) is 0. The van der Waals surface area contributed by atoms with E-state index in [1.54, 1.807) is 0 Å². The number of benzene rings is 1. The lowest BCUT2D eigenvalue weighted by Gasteiger charge is -2.08. The van der Waals surface area contributed by atoms with E-state index in [9.17, 15) is 18.0 Å². The van der Waals surface area contributed by atoms with Gasteiger partial charge in [-0.3, -0.25) is 4.79 Å². The van der Waals surface area contributed by atoms with Crippen LogP contribution in [0.1, 0.15) is 0 Å².